The van der Waals surface area contributed by atoms with Crippen molar-refractivity contribution < 1.29 is 73.8 Å². The molecule has 0 radical (unpaired) electrons. The van der Waals surface area contributed by atoms with Crippen LogP contribution in [0.2, 0.25) is 0 Å². The Morgan fingerprint density at radius 3 is 1.50 bits per heavy atom. The van der Waals surface area contributed by atoms with Crippen LogP contribution >= 0.6 is 0 Å². The number of allylic oxidation sites excluding steroid dienone is 10. The predicted octanol–water partition coefficient (Wildman–Crippen LogP) is 7.27. The van der Waals surface area contributed by atoms with Gasteiger partial charge in [-0.25, -0.2) is 0 Å². The van der Waals surface area contributed by atoms with Gasteiger partial charge in [0.05, 0.1) is 19.8 Å². The summed E-state index contributed by atoms with van der Waals surface area (Å²) >= 11 is 0. The minimum Gasteiger partial charge on any atom is -0.462 e. The Hall–Kier alpha value is -2.80. The summed E-state index contributed by atoms with van der Waals surface area (Å²) in [6.07, 6.45) is 28.2. The smallest absolute Gasteiger partial charge is 0.306 e. The Morgan fingerprint density at radius 2 is 0.926 bits per heavy atom. The van der Waals surface area contributed by atoms with E-state index in [4.69, 9.17) is 28.4 Å². The summed E-state index contributed by atoms with van der Waals surface area (Å²) in [6.45, 7) is 2.41. The van der Waals surface area contributed by atoms with Crippen LogP contribution in [0.5, 0.6) is 0 Å². The van der Waals surface area contributed by atoms with E-state index in [0.717, 1.165) is 64.2 Å². The van der Waals surface area contributed by atoms with Crippen molar-refractivity contribution in [1.29, 1.82) is 0 Å². The van der Waals surface area contributed by atoms with Gasteiger partial charge >= 0.3 is 11.9 Å². The van der Waals surface area contributed by atoms with Crippen molar-refractivity contribution in [2.75, 3.05) is 26.4 Å². The fraction of sp³-hybridized carbons (Fsp3) is 0.774. The highest BCUT2D eigenvalue weighted by Crippen LogP contribution is 2.26. The van der Waals surface area contributed by atoms with Gasteiger partial charge in [0.25, 0.3) is 0 Å². The van der Waals surface area contributed by atoms with Crippen LogP contribution in [0, 0.1) is 0 Å². The first-order valence-corrected chi connectivity index (χ1v) is 25.9. The Balaban J connectivity index is 1.82. The van der Waals surface area contributed by atoms with Gasteiger partial charge in [0.15, 0.2) is 18.7 Å². The van der Waals surface area contributed by atoms with Gasteiger partial charge in [-0.2, -0.15) is 0 Å². The molecule has 0 spiro atoms. The summed E-state index contributed by atoms with van der Waals surface area (Å²) in [4.78, 5) is 25.8. The number of aliphatic hydroxyl groups excluding tert-OH is 7. The van der Waals surface area contributed by atoms with E-state index < -0.39 is 99.3 Å². The lowest BCUT2D eigenvalue weighted by Crippen LogP contribution is -2.61. The molecule has 2 aliphatic rings. The topological polar surface area (TPSA) is 231 Å². The highest BCUT2D eigenvalue weighted by Gasteiger charge is 2.47. The van der Waals surface area contributed by atoms with Crippen LogP contribution in [-0.4, -0.2) is 142 Å². The molecule has 15 heteroatoms. The van der Waals surface area contributed by atoms with E-state index in [1.54, 1.807) is 0 Å². The van der Waals surface area contributed by atoms with Crippen molar-refractivity contribution in [1.82, 2.24) is 0 Å². The SMILES string of the molecule is CC/C=C/C/C=C/C/C=C/C/C=C/CCCCC(=O)O[C@@H](COC(=O)CCCCCCCCCCC/C=C/CCCCCC)CO[C@@H]1O[C@H](CO[C@@H]2O[C@H](CO)[C@H](O)C(O)C2O)[C@H](O)C(O)C1O. The Kier molecular flexibility index (Phi) is 36.0. The first-order valence-electron chi connectivity index (χ1n) is 25.9. The lowest BCUT2D eigenvalue weighted by molar-refractivity contribution is -0.332. The van der Waals surface area contributed by atoms with Crippen LogP contribution in [0.3, 0.4) is 0 Å². The van der Waals surface area contributed by atoms with Gasteiger partial charge in [-0.3, -0.25) is 9.59 Å². The number of carbonyl (C=O) groups is 2. The third-order valence-electron chi connectivity index (χ3n) is 12.0. The number of carbonyl (C=O) groups excluding carboxylic acids is 2. The predicted molar refractivity (Wildman–Crippen MR) is 261 cm³/mol. The van der Waals surface area contributed by atoms with Crippen LogP contribution in [0.4, 0.5) is 0 Å². The van der Waals surface area contributed by atoms with Crippen LogP contribution in [0.25, 0.3) is 0 Å². The first kappa shape index (κ1) is 61.3. The molecular weight excluding hydrogens is 877 g/mol. The average Bonchev–Trinajstić information content (AvgIpc) is 3.33. The normalized spacial score (nSPS) is 26.2. The van der Waals surface area contributed by atoms with E-state index in [2.05, 4.69) is 74.6 Å². The van der Waals surface area contributed by atoms with Crippen molar-refractivity contribution in [3.05, 3.63) is 60.8 Å². The molecule has 2 saturated heterocycles. The van der Waals surface area contributed by atoms with Crippen molar-refractivity contribution in [2.45, 2.75) is 235 Å². The molecule has 7 N–H and O–H groups in total. The monoisotopic (exact) mass is 967 g/mol. The zero-order chi connectivity index (χ0) is 49.6. The Bertz CT molecular complexity index is 1420. The third-order valence-corrected chi connectivity index (χ3v) is 12.0. The number of unbranched alkanes of at least 4 members (excludes halogenated alkanes) is 15. The number of rotatable bonds is 39. The molecule has 0 amide bonds. The van der Waals surface area contributed by atoms with Crippen LogP contribution in [0.1, 0.15) is 168 Å². The number of ether oxygens (including phenoxy) is 6. The summed E-state index contributed by atoms with van der Waals surface area (Å²) in [5, 5.41) is 72.1. The van der Waals surface area contributed by atoms with Crippen molar-refractivity contribution in [3.63, 3.8) is 0 Å². The first-order chi connectivity index (χ1) is 33.0. The van der Waals surface area contributed by atoms with Crippen LogP contribution in [-0.2, 0) is 38.0 Å². The number of hydrogen-bond acceptors (Lipinski definition) is 15. The standard InChI is InChI=1S/C53H90O15/c1-3-5-7-9-11-13-15-17-19-20-22-23-25-27-29-31-33-35-44(55)63-38-41(66-45(56)36-34-32-30-28-26-24-21-18-16-14-12-10-8-6-4-2)39-64-52-51(62)49(60)47(58)43(68-52)40-65-53-50(61)48(59)46(57)42(37-54)67-53/h6,8,12-15,18,21,26,28,41-43,46-54,57-62H,3-5,7,9-11,16-17,19-20,22-25,27,29-40H2,1-2H3/b8-6+,14-12+,15-13+,21-18+,28-26+/t41-,42+,43+,46-,47-,48?,49?,50?,51?,52+,53+/m0/s1. The van der Waals surface area contributed by atoms with Gasteiger partial charge < -0.3 is 64.2 Å². The Labute approximate surface area is 407 Å². The molecule has 11 atom stereocenters. The van der Waals surface area contributed by atoms with E-state index in [9.17, 15) is 45.3 Å². The van der Waals surface area contributed by atoms with Crippen LogP contribution in [0.15, 0.2) is 60.8 Å². The number of esters is 2. The molecular formula is C53H90O15. The van der Waals surface area contributed by atoms with Gasteiger partial charge in [0, 0.05) is 12.8 Å². The van der Waals surface area contributed by atoms with E-state index >= 15 is 0 Å². The molecule has 0 aromatic heterocycles. The molecule has 2 fully saturated rings. The fourth-order valence-corrected chi connectivity index (χ4v) is 7.73. The van der Waals surface area contributed by atoms with Crippen molar-refractivity contribution in [3.8, 4) is 0 Å². The van der Waals surface area contributed by atoms with E-state index in [0.29, 0.717) is 12.8 Å². The van der Waals surface area contributed by atoms with Gasteiger partial charge in [0.1, 0.15) is 55.4 Å². The zero-order valence-corrected chi connectivity index (χ0v) is 41.3. The largest absolute Gasteiger partial charge is 0.462 e. The highest BCUT2D eigenvalue weighted by atomic mass is 16.7. The molecule has 0 saturated carbocycles. The van der Waals surface area contributed by atoms with Gasteiger partial charge in [0.2, 0.25) is 0 Å². The van der Waals surface area contributed by atoms with Gasteiger partial charge in [-0.05, 0) is 77.0 Å². The summed E-state index contributed by atoms with van der Waals surface area (Å²) in [6, 6.07) is 0. The maximum Gasteiger partial charge on any atom is 0.306 e. The second-order valence-corrected chi connectivity index (χ2v) is 18.0. The van der Waals surface area contributed by atoms with Crippen molar-refractivity contribution in [2.24, 2.45) is 0 Å². The van der Waals surface area contributed by atoms with Crippen LogP contribution < -0.4 is 0 Å². The lowest BCUT2D eigenvalue weighted by atomic mass is 9.98. The van der Waals surface area contributed by atoms with Gasteiger partial charge in [-0.1, -0.05) is 139 Å². The molecule has 0 aliphatic carbocycles. The number of hydrogen-bond donors (Lipinski definition) is 7. The maximum atomic E-state index is 13.0. The van der Waals surface area contributed by atoms with Crippen molar-refractivity contribution >= 4 is 11.9 Å². The van der Waals surface area contributed by atoms with E-state index in [1.807, 2.05) is 0 Å². The zero-order valence-electron chi connectivity index (χ0n) is 41.3. The minimum atomic E-state index is -1.77. The third kappa shape index (κ3) is 27.6. The molecule has 15 nitrogen and oxygen atoms in total. The molecule has 392 valence electrons. The highest BCUT2D eigenvalue weighted by molar-refractivity contribution is 5.70. The number of aliphatic hydroxyl groups is 7. The fourth-order valence-electron chi connectivity index (χ4n) is 7.73. The molecule has 2 heterocycles. The molecule has 2 aliphatic heterocycles. The molecule has 68 heavy (non-hydrogen) atoms. The minimum absolute atomic E-state index is 0.111. The molecule has 2 rings (SSSR count). The lowest BCUT2D eigenvalue weighted by Gasteiger charge is -2.42. The summed E-state index contributed by atoms with van der Waals surface area (Å²) in [5.41, 5.74) is 0. The summed E-state index contributed by atoms with van der Waals surface area (Å²) in [7, 11) is 0. The average molecular weight is 967 g/mol. The maximum absolute atomic E-state index is 13.0. The molecule has 4 unspecified atom stereocenters. The molecule has 0 aromatic carbocycles. The van der Waals surface area contributed by atoms with E-state index in [1.165, 1.54) is 64.2 Å². The molecule has 0 aromatic rings. The summed E-state index contributed by atoms with van der Waals surface area (Å²) < 4.78 is 33.5. The quantitative estimate of drug-likeness (QED) is 0.0183. The second kappa shape index (κ2) is 39.9. The summed E-state index contributed by atoms with van der Waals surface area (Å²) in [5.74, 6) is -0.979. The van der Waals surface area contributed by atoms with Gasteiger partial charge in [-0.15, -0.1) is 0 Å². The molecule has 0 bridgehead atoms. The second-order valence-electron chi connectivity index (χ2n) is 18.0. The Morgan fingerprint density at radius 1 is 0.485 bits per heavy atom. The van der Waals surface area contributed by atoms with E-state index in [-0.39, 0.29) is 19.4 Å².